The highest BCUT2D eigenvalue weighted by molar-refractivity contribution is 6.03. The van der Waals surface area contributed by atoms with Gasteiger partial charge < -0.3 is 24.8 Å². The molecular formula is C30H50O10. The summed E-state index contributed by atoms with van der Waals surface area (Å²) >= 11 is 0. The Hall–Kier alpha value is -3.43. The van der Waals surface area contributed by atoms with Gasteiger partial charge in [0, 0.05) is 20.3 Å². The lowest BCUT2D eigenvalue weighted by Gasteiger charge is -2.07. The molecule has 0 spiro atoms. The summed E-state index contributed by atoms with van der Waals surface area (Å²) in [7, 11) is 0. The third kappa shape index (κ3) is 32.6. The van der Waals surface area contributed by atoms with Crippen LogP contribution in [-0.2, 0) is 23.9 Å². The molecule has 0 unspecified atom stereocenters. The average Bonchev–Trinajstić information content (AvgIpc) is 2.87. The SMILES string of the molecule is CC(=O)O.CC(=O)O.CCCCCCCCCCCCCC(=O)O.CCOC(=O)c1ccccc1C(=O)OCC. The summed E-state index contributed by atoms with van der Waals surface area (Å²) in [6.45, 7) is 8.39. The van der Waals surface area contributed by atoms with Crippen molar-refractivity contribution in [1.29, 1.82) is 0 Å². The fourth-order valence-corrected chi connectivity index (χ4v) is 3.20. The van der Waals surface area contributed by atoms with Crippen LogP contribution in [0.4, 0.5) is 0 Å². The minimum atomic E-state index is -0.833. The summed E-state index contributed by atoms with van der Waals surface area (Å²) < 4.78 is 9.70. The second kappa shape index (κ2) is 30.1. The van der Waals surface area contributed by atoms with Crippen LogP contribution in [0.1, 0.15) is 132 Å². The normalized spacial score (nSPS) is 9.32. The van der Waals surface area contributed by atoms with Crippen molar-refractivity contribution in [3.05, 3.63) is 35.4 Å². The molecule has 230 valence electrons. The molecule has 1 rings (SSSR count). The first kappa shape index (κ1) is 41.1. The maximum Gasteiger partial charge on any atom is 0.338 e. The molecule has 0 aliphatic heterocycles. The van der Waals surface area contributed by atoms with Crippen molar-refractivity contribution in [1.82, 2.24) is 0 Å². The van der Waals surface area contributed by atoms with Crippen molar-refractivity contribution in [2.75, 3.05) is 13.2 Å². The van der Waals surface area contributed by atoms with Crippen LogP contribution in [-0.4, -0.2) is 58.4 Å². The smallest absolute Gasteiger partial charge is 0.338 e. The van der Waals surface area contributed by atoms with Gasteiger partial charge in [0.2, 0.25) is 0 Å². The Labute approximate surface area is 239 Å². The molecule has 0 fully saturated rings. The number of benzene rings is 1. The number of carbonyl (C=O) groups is 5. The molecule has 0 heterocycles. The Morgan fingerprint density at radius 2 is 0.875 bits per heavy atom. The summed E-state index contributed by atoms with van der Waals surface area (Å²) in [6.07, 6.45) is 14.4. The van der Waals surface area contributed by atoms with Gasteiger partial charge in [0.15, 0.2) is 0 Å². The van der Waals surface area contributed by atoms with Gasteiger partial charge in [-0.2, -0.15) is 0 Å². The van der Waals surface area contributed by atoms with Crippen LogP contribution in [0.5, 0.6) is 0 Å². The van der Waals surface area contributed by atoms with Crippen molar-refractivity contribution in [2.45, 2.75) is 112 Å². The Bertz CT molecular complexity index is 763. The van der Waals surface area contributed by atoms with Gasteiger partial charge in [-0.1, -0.05) is 83.3 Å². The second-order valence-electron chi connectivity index (χ2n) is 8.70. The Kier molecular flexibility index (Phi) is 30.9. The number of ether oxygens (including phenoxy) is 2. The van der Waals surface area contributed by atoms with Gasteiger partial charge in [-0.15, -0.1) is 0 Å². The zero-order valence-electron chi connectivity index (χ0n) is 24.9. The third-order valence-electron chi connectivity index (χ3n) is 4.91. The molecule has 0 radical (unpaired) electrons. The number of aliphatic carboxylic acids is 3. The van der Waals surface area contributed by atoms with E-state index in [0.29, 0.717) is 6.42 Å². The van der Waals surface area contributed by atoms with E-state index in [4.69, 9.17) is 34.4 Å². The molecule has 0 aliphatic rings. The predicted molar refractivity (Wildman–Crippen MR) is 154 cm³/mol. The number of carboxylic acid groups (broad SMARTS) is 3. The van der Waals surface area contributed by atoms with E-state index in [2.05, 4.69) is 6.92 Å². The largest absolute Gasteiger partial charge is 0.481 e. The molecule has 3 N–H and O–H groups in total. The molecule has 10 heteroatoms. The van der Waals surface area contributed by atoms with Crippen LogP contribution in [0.2, 0.25) is 0 Å². The van der Waals surface area contributed by atoms with Gasteiger partial charge in [-0.25, -0.2) is 9.59 Å². The van der Waals surface area contributed by atoms with Crippen molar-refractivity contribution in [3.8, 4) is 0 Å². The summed E-state index contributed by atoms with van der Waals surface area (Å²) in [6, 6.07) is 6.44. The van der Waals surface area contributed by atoms with Gasteiger partial charge in [0.25, 0.3) is 11.9 Å². The summed E-state index contributed by atoms with van der Waals surface area (Å²) in [5.41, 5.74) is 0.477. The second-order valence-corrected chi connectivity index (χ2v) is 8.70. The van der Waals surface area contributed by atoms with Crippen molar-refractivity contribution in [2.24, 2.45) is 0 Å². The number of unbranched alkanes of at least 4 members (excludes halogenated alkanes) is 10. The Morgan fingerprint density at radius 1 is 0.575 bits per heavy atom. The molecule has 1 aromatic rings. The minimum absolute atomic E-state index is 0.239. The number of hydrogen-bond acceptors (Lipinski definition) is 7. The monoisotopic (exact) mass is 570 g/mol. The van der Waals surface area contributed by atoms with E-state index in [9.17, 15) is 14.4 Å². The molecular weight excluding hydrogens is 520 g/mol. The lowest BCUT2D eigenvalue weighted by Crippen LogP contribution is -2.13. The first-order valence-corrected chi connectivity index (χ1v) is 14.0. The number of carboxylic acids is 3. The van der Waals surface area contributed by atoms with Crippen LogP contribution in [0.15, 0.2) is 24.3 Å². The Morgan fingerprint density at radius 3 is 1.15 bits per heavy atom. The predicted octanol–water partition coefficient (Wildman–Crippen LogP) is 6.99. The van der Waals surface area contributed by atoms with Gasteiger partial charge in [-0.05, 0) is 32.4 Å². The number of rotatable bonds is 16. The highest BCUT2D eigenvalue weighted by Gasteiger charge is 2.17. The molecule has 1 aromatic carbocycles. The topological polar surface area (TPSA) is 164 Å². The summed E-state index contributed by atoms with van der Waals surface area (Å²) in [5, 5.41) is 23.3. The van der Waals surface area contributed by atoms with E-state index in [1.54, 1.807) is 38.1 Å². The van der Waals surface area contributed by atoms with Gasteiger partial charge in [0.1, 0.15) is 0 Å². The van der Waals surface area contributed by atoms with Crippen LogP contribution in [0.3, 0.4) is 0 Å². The zero-order chi connectivity index (χ0) is 31.2. The van der Waals surface area contributed by atoms with Crippen LogP contribution >= 0.6 is 0 Å². The third-order valence-corrected chi connectivity index (χ3v) is 4.91. The van der Waals surface area contributed by atoms with E-state index in [0.717, 1.165) is 26.7 Å². The molecule has 0 atom stereocenters. The molecule has 10 nitrogen and oxygen atoms in total. The lowest BCUT2D eigenvalue weighted by molar-refractivity contribution is -0.137. The summed E-state index contributed by atoms with van der Waals surface area (Å²) in [5.74, 6) is -3.34. The van der Waals surface area contributed by atoms with Gasteiger partial charge in [-0.3, -0.25) is 14.4 Å². The van der Waals surface area contributed by atoms with E-state index in [-0.39, 0.29) is 24.3 Å². The van der Waals surface area contributed by atoms with Gasteiger partial charge >= 0.3 is 17.9 Å². The fraction of sp³-hybridized carbons (Fsp3) is 0.633. The van der Waals surface area contributed by atoms with E-state index in [1.807, 2.05) is 0 Å². The highest BCUT2D eigenvalue weighted by atomic mass is 16.5. The number of carbonyl (C=O) groups excluding carboxylic acids is 2. The highest BCUT2D eigenvalue weighted by Crippen LogP contribution is 2.13. The van der Waals surface area contributed by atoms with Crippen molar-refractivity contribution >= 4 is 29.8 Å². The van der Waals surface area contributed by atoms with Crippen LogP contribution < -0.4 is 0 Å². The molecule has 40 heavy (non-hydrogen) atoms. The molecule has 0 saturated heterocycles. The molecule has 0 amide bonds. The lowest BCUT2D eigenvalue weighted by atomic mass is 10.1. The molecule has 0 aromatic heterocycles. The van der Waals surface area contributed by atoms with E-state index < -0.39 is 29.8 Å². The van der Waals surface area contributed by atoms with E-state index >= 15 is 0 Å². The van der Waals surface area contributed by atoms with Crippen molar-refractivity contribution < 1.29 is 48.8 Å². The van der Waals surface area contributed by atoms with Crippen LogP contribution in [0, 0.1) is 0 Å². The van der Waals surface area contributed by atoms with Crippen LogP contribution in [0.25, 0.3) is 0 Å². The average molecular weight is 571 g/mol. The quantitative estimate of drug-likeness (QED) is 0.139. The molecule has 0 aliphatic carbocycles. The zero-order valence-corrected chi connectivity index (χ0v) is 24.9. The maximum absolute atomic E-state index is 11.5. The van der Waals surface area contributed by atoms with Gasteiger partial charge in [0.05, 0.1) is 24.3 Å². The standard InChI is InChI=1S/C14H28O2.C12H14O4.2C2H4O2/c1-2-3-4-5-6-7-8-9-10-11-12-13-14(15)16;1-3-15-11(13)9-7-5-6-8-10(9)12(14)16-4-2;2*1-2(3)4/h2-13H2,1H3,(H,15,16);5-8H,3-4H2,1-2H3;2*1H3,(H,3,4). The molecule has 0 saturated carbocycles. The number of hydrogen-bond donors (Lipinski definition) is 3. The maximum atomic E-state index is 11.5. The fourth-order valence-electron chi connectivity index (χ4n) is 3.20. The minimum Gasteiger partial charge on any atom is -0.481 e. The first-order valence-electron chi connectivity index (χ1n) is 14.0. The number of esters is 2. The molecule has 0 bridgehead atoms. The Balaban J connectivity index is -0.000000540. The first-order chi connectivity index (χ1) is 18.9. The summed E-state index contributed by atoms with van der Waals surface area (Å²) in [4.78, 5) is 51.3. The van der Waals surface area contributed by atoms with E-state index in [1.165, 1.54) is 57.8 Å². The van der Waals surface area contributed by atoms with Crippen molar-refractivity contribution in [3.63, 3.8) is 0 Å².